The first-order chi connectivity index (χ1) is 6.91. The van der Waals surface area contributed by atoms with Gasteiger partial charge >= 0.3 is 0 Å². The zero-order valence-electron chi connectivity index (χ0n) is 9.46. The van der Waals surface area contributed by atoms with Crippen LogP contribution in [0.15, 0.2) is 0 Å². The molecule has 0 N–H and O–H groups in total. The normalized spacial score (nSPS) is 10.6. The first-order valence-electron chi connectivity index (χ1n) is 5.81. The summed E-state index contributed by atoms with van der Waals surface area (Å²) in [5.74, 6) is 2.49. The molecule has 0 aliphatic carbocycles. The number of hydrogen-bond acceptors (Lipinski definition) is 2. The van der Waals surface area contributed by atoms with Crippen LogP contribution in [0.3, 0.4) is 0 Å². The van der Waals surface area contributed by atoms with Crippen molar-refractivity contribution in [3.63, 3.8) is 0 Å². The lowest BCUT2D eigenvalue weighted by Gasteiger charge is -2.01. The minimum Gasteiger partial charge on any atom is -0.448 e. The fraction of sp³-hybridized carbons (Fsp3) is 1.00. The van der Waals surface area contributed by atoms with Crippen LogP contribution in [0, 0.1) is 0 Å². The standard InChI is InChI=1S/C11H23BOS/c1-2-3-4-5-6-7-10-14-11-8-9-13-12/h2-11H2,1H3. The third kappa shape index (κ3) is 12.4. The van der Waals surface area contributed by atoms with Crippen molar-refractivity contribution in [2.45, 2.75) is 51.9 Å². The van der Waals surface area contributed by atoms with Gasteiger partial charge in [0, 0.05) is 6.61 Å². The molecular weight excluding hydrogens is 191 g/mol. The van der Waals surface area contributed by atoms with Gasteiger partial charge in [0.1, 0.15) is 0 Å². The summed E-state index contributed by atoms with van der Waals surface area (Å²) in [5.41, 5.74) is 0. The summed E-state index contributed by atoms with van der Waals surface area (Å²) in [6, 6.07) is 0. The molecule has 14 heavy (non-hydrogen) atoms. The van der Waals surface area contributed by atoms with Crippen LogP contribution < -0.4 is 0 Å². The maximum absolute atomic E-state index is 4.93. The van der Waals surface area contributed by atoms with Crippen molar-refractivity contribution in [3.05, 3.63) is 0 Å². The summed E-state index contributed by atoms with van der Waals surface area (Å²) in [7, 11) is 4.93. The molecular formula is C11H23BOS. The van der Waals surface area contributed by atoms with Gasteiger partial charge in [-0.3, -0.25) is 0 Å². The van der Waals surface area contributed by atoms with E-state index in [1.54, 1.807) is 0 Å². The van der Waals surface area contributed by atoms with E-state index in [4.69, 9.17) is 8.05 Å². The second kappa shape index (κ2) is 13.4. The highest BCUT2D eigenvalue weighted by Gasteiger charge is 1.91. The Kier molecular flexibility index (Phi) is 13.7. The lowest BCUT2D eigenvalue weighted by Crippen LogP contribution is -1.92. The maximum Gasteiger partial charge on any atom is 0.282 e. The van der Waals surface area contributed by atoms with E-state index >= 15 is 0 Å². The number of unbranched alkanes of at least 4 members (excludes halogenated alkanes) is 5. The Morgan fingerprint density at radius 3 is 2.29 bits per heavy atom. The Morgan fingerprint density at radius 1 is 0.929 bits per heavy atom. The SMILES string of the molecule is [B]OCCCSCCCCCCCC. The Labute approximate surface area is 94.8 Å². The Hall–Kier alpha value is 0.375. The van der Waals surface area contributed by atoms with E-state index in [0.717, 1.165) is 6.42 Å². The second-order valence-electron chi connectivity index (χ2n) is 3.60. The molecule has 0 spiro atoms. The van der Waals surface area contributed by atoms with Crippen LogP contribution in [0.1, 0.15) is 51.9 Å². The van der Waals surface area contributed by atoms with Crippen LogP contribution in [0.25, 0.3) is 0 Å². The minimum atomic E-state index is 0.698. The van der Waals surface area contributed by atoms with Gasteiger partial charge in [-0.15, -0.1) is 0 Å². The van der Waals surface area contributed by atoms with Crippen LogP contribution >= 0.6 is 11.8 Å². The molecule has 0 aromatic rings. The van der Waals surface area contributed by atoms with Crippen LogP contribution in [-0.2, 0) is 4.65 Å². The molecule has 0 rings (SSSR count). The van der Waals surface area contributed by atoms with Gasteiger partial charge in [-0.2, -0.15) is 11.8 Å². The zero-order chi connectivity index (χ0) is 10.5. The summed E-state index contributed by atoms with van der Waals surface area (Å²) in [6.45, 7) is 2.96. The van der Waals surface area contributed by atoms with E-state index in [1.165, 1.54) is 50.0 Å². The van der Waals surface area contributed by atoms with Gasteiger partial charge < -0.3 is 4.65 Å². The van der Waals surface area contributed by atoms with Gasteiger partial charge in [0.05, 0.1) is 0 Å². The number of hydrogen-bond donors (Lipinski definition) is 0. The monoisotopic (exact) mass is 214 g/mol. The molecule has 0 aromatic heterocycles. The van der Waals surface area contributed by atoms with Gasteiger partial charge in [-0.1, -0.05) is 39.0 Å². The van der Waals surface area contributed by atoms with E-state index < -0.39 is 0 Å². The molecule has 0 aliphatic heterocycles. The van der Waals surface area contributed by atoms with Crippen molar-refractivity contribution in [1.29, 1.82) is 0 Å². The quantitative estimate of drug-likeness (QED) is 0.384. The second-order valence-corrected chi connectivity index (χ2v) is 4.83. The summed E-state index contributed by atoms with van der Waals surface area (Å²) < 4.78 is 4.50. The van der Waals surface area contributed by atoms with Crippen LogP contribution in [-0.4, -0.2) is 26.2 Å². The lowest BCUT2D eigenvalue weighted by molar-refractivity contribution is 0.350. The van der Waals surface area contributed by atoms with Crippen molar-refractivity contribution >= 4 is 19.8 Å². The van der Waals surface area contributed by atoms with Crippen LogP contribution in [0.5, 0.6) is 0 Å². The molecule has 0 bridgehead atoms. The molecule has 82 valence electrons. The highest BCUT2D eigenvalue weighted by molar-refractivity contribution is 7.99. The third-order valence-electron chi connectivity index (χ3n) is 2.19. The van der Waals surface area contributed by atoms with E-state index in [2.05, 4.69) is 11.6 Å². The Balaban J connectivity index is 2.78. The van der Waals surface area contributed by atoms with Crippen molar-refractivity contribution in [3.8, 4) is 0 Å². The molecule has 0 fully saturated rings. The van der Waals surface area contributed by atoms with Crippen molar-refractivity contribution < 1.29 is 4.65 Å². The summed E-state index contributed by atoms with van der Waals surface area (Å²) >= 11 is 2.02. The van der Waals surface area contributed by atoms with Crippen molar-refractivity contribution in [2.24, 2.45) is 0 Å². The molecule has 1 nitrogen and oxygen atoms in total. The highest BCUT2D eigenvalue weighted by Crippen LogP contribution is 2.10. The third-order valence-corrected chi connectivity index (χ3v) is 3.35. The molecule has 0 heterocycles. The number of thioether (sulfide) groups is 1. The van der Waals surface area contributed by atoms with Gasteiger partial charge in [-0.05, 0) is 24.3 Å². The van der Waals surface area contributed by atoms with Crippen LogP contribution in [0.2, 0.25) is 0 Å². The summed E-state index contributed by atoms with van der Waals surface area (Å²) in [4.78, 5) is 0. The molecule has 2 radical (unpaired) electrons. The molecule has 0 saturated carbocycles. The largest absolute Gasteiger partial charge is 0.448 e. The van der Waals surface area contributed by atoms with E-state index in [9.17, 15) is 0 Å². The molecule has 0 unspecified atom stereocenters. The fourth-order valence-corrected chi connectivity index (χ4v) is 2.27. The van der Waals surface area contributed by atoms with Gasteiger partial charge in [0.15, 0.2) is 0 Å². The maximum atomic E-state index is 4.93. The molecule has 0 amide bonds. The minimum absolute atomic E-state index is 0.698. The molecule has 0 aliphatic rings. The Bertz CT molecular complexity index is 89.3. The Morgan fingerprint density at radius 2 is 1.57 bits per heavy atom. The average Bonchev–Trinajstić information content (AvgIpc) is 2.21. The van der Waals surface area contributed by atoms with Gasteiger partial charge in [0.2, 0.25) is 0 Å². The topological polar surface area (TPSA) is 9.23 Å². The van der Waals surface area contributed by atoms with E-state index in [-0.39, 0.29) is 0 Å². The number of rotatable bonds is 11. The summed E-state index contributed by atoms with van der Waals surface area (Å²) in [5, 5.41) is 0. The summed E-state index contributed by atoms with van der Waals surface area (Å²) in [6.07, 6.45) is 9.44. The van der Waals surface area contributed by atoms with Crippen molar-refractivity contribution in [1.82, 2.24) is 0 Å². The zero-order valence-corrected chi connectivity index (χ0v) is 10.3. The molecule has 0 saturated heterocycles. The predicted octanol–water partition coefficient (Wildman–Crippen LogP) is 3.57. The van der Waals surface area contributed by atoms with Crippen molar-refractivity contribution in [2.75, 3.05) is 18.1 Å². The molecule has 0 atom stereocenters. The molecule has 3 heteroatoms. The lowest BCUT2D eigenvalue weighted by atomic mass is 10.1. The fourth-order valence-electron chi connectivity index (χ4n) is 1.33. The predicted molar refractivity (Wildman–Crippen MR) is 67.0 cm³/mol. The van der Waals surface area contributed by atoms with Crippen LogP contribution in [0.4, 0.5) is 0 Å². The average molecular weight is 214 g/mol. The first kappa shape index (κ1) is 14.4. The van der Waals surface area contributed by atoms with Gasteiger partial charge in [-0.25, -0.2) is 0 Å². The van der Waals surface area contributed by atoms with E-state index in [0.29, 0.717) is 6.61 Å². The molecule has 0 aromatic carbocycles. The van der Waals surface area contributed by atoms with Gasteiger partial charge in [0.25, 0.3) is 8.05 Å². The highest BCUT2D eigenvalue weighted by atomic mass is 32.2. The van der Waals surface area contributed by atoms with E-state index in [1.807, 2.05) is 11.8 Å². The first-order valence-corrected chi connectivity index (χ1v) is 6.96. The smallest absolute Gasteiger partial charge is 0.282 e.